The number of aliphatic hydroxyl groups excluding tert-OH is 1. The Morgan fingerprint density at radius 1 is 1.24 bits per heavy atom. The van der Waals surface area contributed by atoms with Crippen LogP contribution in [0.4, 0.5) is 8.78 Å². The molecule has 2 rings (SSSR count). The second-order valence-corrected chi connectivity index (χ2v) is 5.96. The van der Waals surface area contributed by atoms with Crippen LogP contribution in [0.2, 0.25) is 0 Å². The van der Waals surface area contributed by atoms with E-state index in [1.165, 1.54) is 17.1 Å². The number of carbonyl (C=O) groups is 2. The zero-order valence-electron chi connectivity index (χ0n) is 14.3. The van der Waals surface area contributed by atoms with E-state index in [1.807, 2.05) is 13.8 Å². The predicted octanol–water partition coefficient (Wildman–Crippen LogP) is 3.11. The van der Waals surface area contributed by atoms with Crippen molar-refractivity contribution in [3.8, 4) is 0 Å². The maximum atomic E-state index is 14.0. The van der Waals surface area contributed by atoms with Crippen LogP contribution in [0.15, 0.2) is 29.5 Å². The van der Waals surface area contributed by atoms with Crippen molar-refractivity contribution in [3.05, 3.63) is 46.7 Å². The number of rotatable bonds is 7. The summed E-state index contributed by atoms with van der Waals surface area (Å²) in [6.45, 7) is 4.05. The number of hydrogen-bond acceptors (Lipinski definition) is 4. The number of aldehydes is 1. The van der Waals surface area contributed by atoms with Crippen LogP contribution < -0.4 is 0 Å². The smallest absolute Gasteiger partial charge is 0.275 e. The molecule has 1 aromatic rings. The van der Waals surface area contributed by atoms with Crippen LogP contribution in [0.3, 0.4) is 0 Å². The Morgan fingerprint density at radius 2 is 1.96 bits per heavy atom. The van der Waals surface area contributed by atoms with Crippen LogP contribution in [-0.4, -0.2) is 39.9 Å². The minimum absolute atomic E-state index is 0.0105. The van der Waals surface area contributed by atoms with Gasteiger partial charge in [0, 0.05) is 12.1 Å². The van der Waals surface area contributed by atoms with Gasteiger partial charge in [-0.2, -0.15) is 0 Å². The number of hydrazine groups is 1. The summed E-state index contributed by atoms with van der Waals surface area (Å²) in [5.74, 6) is -2.99. The van der Waals surface area contributed by atoms with E-state index >= 15 is 0 Å². The molecule has 1 unspecified atom stereocenters. The molecule has 0 fully saturated rings. The van der Waals surface area contributed by atoms with E-state index in [0.717, 1.165) is 12.5 Å². The van der Waals surface area contributed by atoms with Gasteiger partial charge in [-0.25, -0.2) is 13.8 Å². The molecule has 0 spiro atoms. The van der Waals surface area contributed by atoms with Gasteiger partial charge in [-0.3, -0.25) is 14.6 Å². The zero-order chi connectivity index (χ0) is 18.6. The van der Waals surface area contributed by atoms with Gasteiger partial charge in [0.2, 0.25) is 0 Å². The number of aliphatic hydroxyl groups is 1. The van der Waals surface area contributed by atoms with Gasteiger partial charge in [0.1, 0.15) is 11.3 Å². The van der Waals surface area contributed by atoms with E-state index in [2.05, 4.69) is 0 Å². The van der Waals surface area contributed by atoms with Crippen molar-refractivity contribution in [2.24, 2.45) is 0 Å². The van der Waals surface area contributed by atoms with Gasteiger partial charge in [-0.15, -0.1) is 0 Å². The van der Waals surface area contributed by atoms with E-state index in [4.69, 9.17) is 0 Å². The van der Waals surface area contributed by atoms with Gasteiger partial charge in [-0.05, 0) is 18.9 Å². The fraction of sp³-hybridized carbons (Fsp3) is 0.444. The van der Waals surface area contributed by atoms with Crippen LogP contribution in [0.25, 0.3) is 0 Å². The molecule has 0 bridgehead atoms. The molecule has 0 saturated carbocycles. The summed E-state index contributed by atoms with van der Waals surface area (Å²) in [6, 6.07) is 3.22. The molecule has 1 heterocycles. The van der Waals surface area contributed by atoms with E-state index < -0.39 is 23.6 Å². The maximum absolute atomic E-state index is 14.0. The number of carbonyl (C=O) groups excluding carboxylic acids is 2. The quantitative estimate of drug-likeness (QED) is 0.605. The van der Waals surface area contributed by atoms with Gasteiger partial charge in [0.15, 0.2) is 17.9 Å². The Kier molecular flexibility index (Phi) is 6.25. The third-order valence-electron chi connectivity index (χ3n) is 4.21. The van der Waals surface area contributed by atoms with Gasteiger partial charge >= 0.3 is 0 Å². The lowest BCUT2D eigenvalue weighted by atomic mass is 10.0. The standard InChI is InChI=1S/C18H22F2N2O3/c1-3-6-15-17(24)13(11-23)18(25)22(21(15)9-4-2)10-12-7-5-8-14(19)16(12)20/h5,7-8,11,15,24H,3-4,6,9-10H2,1-2H3. The van der Waals surface area contributed by atoms with Crippen LogP contribution in [0, 0.1) is 11.6 Å². The highest BCUT2D eigenvalue weighted by molar-refractivity contribution is 6.11. The van der Waals surface area contributed by atoms with Crippen LogP contribution in [0.1, 0.15) is 38.7 Å². The third-order valence-corrected chi connectivity index (χ3v) is 4.21. The SMILES string of the molecule is CCCC1C(O)=C(C=O)C(=O)N(Cc2cccc(F)c2F)N1CCC. The number of nitrogens with zero attached hydrogens (tertiary/aromatic N) is 2. The summed E-state index contributed by atoms with van der Waals surface area (Å²) in [6.07, 6.45) is 2.24. The first-order valence-corrected chi connectivity index (χ1v) is 8.35. The molecule has 5 nitrogen and oxygen atoms in total. The average Bonchev–Trinajstić information content (AvgIpc) is 2.59. The first-order valence-electron chi connectivity index (χ1n) is 8.35. The van der Waals surface area contributed by atoms with E-state index in [1.54, 1.807) is 5.01 Å². The molecule has 7 heteroatoms. The molecule has 1 aliphatic rings. The summed E-state index contributed by atoms with van der Waals surface area (Å²) in [4.78, 5) is 23.9. The monoisotopic (exact) mass is 352 g/mol. The van der Waals surface area contributed by atoms with Crippen LogP contribution in [-0.2, 0) is 16.1 Å². The summed E-state index contributed by atoms with van der Waals surface area (Å²) in [7, 11) is 0. The topological polar surface area (TPSA) is 60.9 Å². The number of benzene rings is 1. The highest BCUT2D eigenvalue weighted by atomic mass is 19.2. The molecular formula is C18H22F2N2O3. The largest absolute Gasteiger partial charge is 0.510 e. The van der Waals surface area contributed by atoms with Gasteiger partial charge in [-0.1, -0.05) is 32.4 Å². The Labute approximate surface area is 145 Å². The molecule has 0 saturated heterocycles. The zero-order valence-corrected chi connectivity index (χ0v) is 14.3. The number of hydrogen-bond donors (Lipinski definition) is 1. The number of amides is 1. The molecule has 25 heavy (non-hydrogen) atoms. The highest BCUT2D eigenvalue weighted by Gasteiger charge is 2.39. The maximum Gasteiger partial charge on any atom is 0.275 e. The van der Waals surface area contributed by atoms with Gasteiger partial charge in [0.05, 0.1) is 12.6 Å². The van der Waals surface area contributed by atoms with Crippen LogP contribution >= 0.6 is 0 Å². The van der Waals surface area contributed by atoms with E-state index in [-0.39, 0.29) is 23.4 Å². The molecule has 1 atom stereocenters. The average molecular weight is 352 g/mol. The Morgan fingerprint density at radius 3 is 2.56 bits per heavy atom. The molecule has 1 N–H and O–H groups in total. The van der Waals surface area contributed by atoms with Crippen molar-refractivity contribution in [2.45, 2.75) is 45.7 Å². The Balaban J connectivity index is 2.46. The van der Waals surface area contributed by atoms with E-state index in [0.29, 0.717) is 25.7 Å². The van der Waals surface area contributed by atoms with Crippen molar-refractivity contribution in [3.63, 3.8) is 0 Å². The summed E-state index contributed by atoms with van der Waals surface area (Å²) in [5, 5.41) is 13.2. The lowest BCUT2D eigenvalue weighted by Crippen LogP contribution is -2.56. The molecular weight excluding hydrogens is 330 g/mol. The molecule has 1 aliphatic heterocycles. The summed E-state index contributed by atoms with van der Waals surface area (Å²) in [5.41, 5.74) is -0.320. The van der Waals surface area contributed by atoms with E-state index in [9.17, 15) is 23.5 Å². The number of halogens is 2. The molecule has 1 aromatic carbocycles. The third kappa shape index (κ3) is 3.71. The van der Waals surface area contributed by atoms with Crippen molar-refractivity contribution in [2.75, 3.05) is 6.54 Å². The van der Waals surface area contributed by atoms with Crippen LogP contribution in [0.5, 0.6) is 0 Å². The predicted molar refractivity (Wildman–Crippen MR) is 88.3 cm³/mol. The lowest BCUT2D eigenvalue weighted by Gasteiger charge is -2.43. The van der Waals surface area contributed by atoms with Crippen molar-refractivity contribution in [1.82, 2.24) is 10.0 Å². The second-order valence-electron chi connectivity index (χ2n) is 5.96. The van der Waals surface area contributed by atoms with Crippen molar-refractivity contribution < 1.29 is 23.5 Å². The second kappa shape index (κ2) is 8.20. The highest BCUT2D eigenvalue weighted by Crippen LogP contribution is 2.28. The Bertz CT molecular complexity index is 691. The minimum atomic E-state index is -1.02. The lowest BCUT2D eigenvalue weighted by molar-refractivity contribution is -0.156. The van der Waals surface area contributed by atoms with Gasteiger partial charge < -0.3 is 5.11 Å². The molecule has 0 radical (unpaired) electrons. The normalized spacial score (nSPS) is 18.8. The Hall–Kier alpha value is -2.28. The first-order chi connectivity index (χ1) is 12.0. The molecule has 1 amide bonds. The molecule has 0 aromatic heterocycles. The fourth-order valence-electron chi connectivity index (χ4n) is 3.02. The van der Waals surface area contributed by atoms with Crippen molar-refractivity contribution in [1.29, 1.82) is 0 Å². The summed E-state index contributed by atoms with van der Waals surface area (Å²) >= 11 is 0. The minimum Gasteiger partial charge on any atom is -0.510 e. The summed E-state index contributed by atoms with van der Waals surface area (Å²) < 4.78 is 27.5. The fourth-order valence-corrected chi connectivity index (χ4v) is 3.02. The molecule has 0 aliphatic carbocycles. The van der Waals surface area contributed by atoms with Gasteiger partial charge in [0.25, 0.3) is 5.91 Å². The molecule has 136 valence electrons. The van der Waals surface area contributed by atoms with Crippen molar-refractivity contribution >= 4 is 12.2 Å². The first kappa shape index (κ1) is 19.1.